The number of rotatable bonds is 10. The summed E-state index contributed by atoms with van der Waals surface area (Å²) >= 11 is 0. The molecule has 0 amide bonds. The van der Waals surface area contributed by atoms with Crippen molar-refractivity contribution in [3.05, 3.63) is 65.4 Å². The van der Waals surface area contributed by atoms with Crippen LogP contribution in [0.15, 0.2) is 42.6 Å². The second kappa shape index (κ2) is 9.95. The van der Waals surface area contributed by atoms with Crippen molar-refractivity contribution < 1.29 is 23.8 Å². The fraction of sp³-hybridized carbons (Fsp3) is 0.429. The van der Waals surface area contributed by atoms with Gasteiger partial charge in [0, 0.05) is 18.3 Å². The summed E-state index contributed by atoms with van der Waals surface area (Å²) in [5.41, 5.74) is 3.33. The molecule has 1 fully saturated rings. The van der Waals surface area contributed by atoms with Crippen molar-refractivity contribution in [1.29, 1.82) is 0 Å². The van der Waals surface area contributed by atoms with Crippen LogP contribution in [-0.2, 0) is 11.4 Å². The number of ether oxygens (including phenoxy) is 2. The highest BCUT2D eigenvalue weighted by atomic mass is 19.1. The maximum Gasteiger partial charge on any atom is 0.303 e. The van der Waals surface area contributed by atoms with Crippen LogP contribution in [0.1, 0.15) is 68.8 Å². The molecule has 0 radical (unpaired) electrons. The Kier molecular flexibility index (Phi) is 6.70. The number of carboxylic acids is 1. The first-order valence-electron chi connectivity index (χ1n) is 12.6. The standard InChI is InChI=1S/C28H31FN4O4/c1-28(2)11-4-5-21(28)27-23(31-32-33(27)24-14-19(36-3)8-9-22(24)29)16-37-25-13-18(10-12-30-25)20(15-26(34)35)17-6-7-17/h5,8-10,12-14,17,20H,4,6-7,11,15-16H2,1-3H3,(H,34,35)/t20-/m1/s1. The minimum Gasteiger partial charge on any atom is -0.497 e. The Labute approximate surface area is 215 Å². The van der Waals surface area contributed by atoms with E-state index in [1.165, 1.54) is 17.9 Å². The topological polar surface area (TPSA) is 99.4 Å². The van der Waals surface area contributed by atoms with Gasteiger partial charge in [-0.2, -0.15) is 0 Å². The lowest BCUT2D eigenvalue weighted by atomic mass is 9.83. The Morgan fingerprint density at radius 2 is 2.08 bits per heavy atom. The summed E-state index contributed by atoms with van der Waals surface area (Å²) in [7, 11) is 1.53. The first-order valence-corrected chi connectivity index (χ1v) is 12.6. The predicted molar refractivity (Wildman–Crippen MR) is 135 cm³/mol. The third-order valence-electron chi connectivity index (χ3n) is 7.35. The number of aromatic nitrogens is 4. The molecule has 0 unspecified atom stereocenters. The fourth-order valence-electron chi connectivity index (χ4n) is 5.16. The molecule has 2 aromatic heterocycles. The second-order valence-electron chi connectivity index (χ2n) is 10.4. The number of carboxylic acid groups (broad SMARTS) is 1. The molecular formula is C28H31FN4O4. The van der Waals surface area contributed by atoms with Gasteiger partial charge in [0.2, 0.25) is 5.88 Å². The summed E-state index contributed by atoms with van der Waals surface area (Å²) in [5.74, 6) is -0.0134. The molecule has 3 aromatic rings. The lowest BCUT2D eigenvalue weighted by Gasteiger charge is -2.24. The zero-order valence-electron chi connectivity index (χ0n) is 21.3. The van der Waals surface area contributed by atoms with E-state index in [1.54, 1.807) is 18.3 Å². The number of benzene rings is 1. The second-order valence-corrected chi connectivity index (χ2v) is 10.4. The molecule has 8 nitrogen and oxygen atoms in total. The van der Waals surface area contributed by atoms with E-state index in [9.17, 15) is 14.3 Å². The molecule has 2 aliphatic carbocycles. The number of hydrogen-bond donors (Lipinski definition) is 1. The van der Waals surface area contributed by atoms with Crippen LogP contribution in [0.25, 0.3) is 11.3 Å². The molecule has 9 heteroatoms. The Hall–Kier alpha value is -3.75. The van der Waals surface area contributed by atoms with Gasteiger partial charge in [-0.3, -0.25) is 4.79 Å². The smallest absolute Gasteiger partial charge is 0.303 e. The highest BCUT2D eigenvalue weighted by molar-refractivity contribution is 5.72. The van der Waals surface area contributed by atoms with E-state index in [0.717, 1.165) is 36.8 Å². The van der Waals surface area contributed by atoms with Crippen LogP contribution in [0, 0.1) is 17.2 Å². The lowest BCUT2D eigenvalue weighted by molar-refractivity contribution is -0.137. The van der Waals surface area contributed by atoms with Crippen LogP contribution in [0.2, 0.25) is 0 Å². The van der Waals surface area contributed by atoms with Crippen LogP contribution >= 0.6 is 0 Å². The first-order chi connectivity index (χ1) is 17.8. The normalized spacial score (nSPS) is 17.4. The van der Waals surface area contributed by atoms with Crippen molar-refractivity contribution in [2.45, 2.75) is 58.5 Å². The van der Waals surface area contributed by atoms with E-state index in [1.807, 2.05) is 12.1 Å². The van der Waals surface area contributed by atoms with E-state index >= 15 is 0 Å². The maximum atomic E-state index is 14.9. The van der Waals surface area contributed by atoms with Crippen molar-refractivity contribution in [3.8, 4) is 17.3 Å². The van der Waals surface area contributed by atoms with Gasteiger partial charge in [0.25, 0.3) is 0 Å². The minimum atomic E-state index is -0.810. The first kappa shape index (κ1) is 24.9. The molecule has 2 aliphatic rings. The van der Waals surface area contributed by atoms with Crippen molar-refractivity contribution in [2.24, 2.45) is 11.3 Å². The third kappa shape index (κ3) is 5.21. The fourth-order valence-corrected chi connectivity index (χ4v) is 5.16. The Balaban J connectivity index is 1.47. The van der Waals surface area contributed by atoms with Gasteiger partial charge >= 0.3 is 5.97 Å². The zero-order chi connectivity index (χ0) is 26.2. The van der Waals surface area contributed by atoms with Gasteiger partial charge in [-0.15, -0.1) is 5.10 Å². The molecule has 1 aromatic carbocycles. The van der Waals surface area contributed by atoms with Gasteiger partial charge in [-0.1, -0.05) is 25.1 Å². The molecule has 194 valence electrons. The lowest BCUT2D eigenvalue weighted by Crippen LogP contribution is -2.15. The largest absolute Gasteiger partial charge is 0.497 e. The summed E-state index contributed by atoms with van der Waals surface area (Å²) < 4.78 is 27.8. The average Bonchev–Trinajstić information content (AvgIpc) is 3.54. The van der Waals surface area contributed by atoms with Gasteiger partial charge in [-0.05, 0) is 72.3 Å². The average molecular weight is 507 g/mol. The SMILES string of the molecule is COc1ccc(F)c(-n2nnc(COc3cc([C@H](CC(=O)O)C4CC4)ccn3)c2C2=CCCC2(C)C)c1. The number of methoxy groups -OCH3 is 1. The Morgan fingerprint density at radius 3 is 2.76 bits per heavy atom. The zero-order valence-corrected chi connectivity index (χ0v) is 21.3. The Bertz CT molecular complexity index is 1350. The van der Waals surface area contributed by atoms with E-state index < -0.39 is 11.8 Å². The molecule has 0 spiro atoms. The monoisotopic (exact) mass is 506 g/mol. The van der Waals surface area contributed by atoms with Crippen LogP contribution in [0.5, 0.6) is 11.6 Å². The van der Waals surface area contributed by atoms with Gasteiger partial charge in [0.15, 0.2) is 0 Å². The number of carbonyl (C=O) groups is 1. The summed E-state index contributed by atoms with van der Waals surface area (Å²) in [5, 5.41) is 18.1. The van der Waals surface area contributed by atoms with Crippen molar-refractivity contribution in [3.63, 3.8) is 0 Å². The number of halogens is 1. The summed E-state index contributed by atoms with van der Waals surface area (Å²) in [6.45, 7) is 4.39. The summed E-state index contributed by atoms with van der Waals surface area (Å²) in [4.78, 5) is 15.7. The van der Waals surface area contributed by atoms with Crippen LogP contribution in [0.4, 0.5) is 4.39 Å². The van der Waals surface area contributed by atoms with E-state index in [2.05, 4.69) is 35.2 Å². The minimum absolute atomic E-state index is 0.0558. The van der Waals surface area contributed by atoms with E-state index in [4.69, 9.17) is 9.47 Å². The molecule has 0 saturated heterocycles. The number of nitrogens with zero attached hydrogens (tertiary/aromatic N) is 4. The summed E-state index contributed by atoms with van der Waals surface area (Å²) in [6.07, 6.45) is 7.83. The third-order valence-corrected chi connectivity index (χ3v) is 7.35. The quantitative estimate of drug-likeness (QED) is 0.384. The van der Waals surface area contributed by atoms with E-state index in [0.29, 0.717) is 28.9 Å². The van der Waals surface area contributed by atoms with Crippen molar-refractivity contribution in [2.75, 3.05) is 7.11 Å². The molecule has 0 aliphatic heterocycles. The molecular weight excluding hydrogens is 475 g/mol. The van der Waals surface area contributed by atoms with Gasteiger partial charge in [0.05, 0.1) is 19.2 Å². The van der Waals surface area contributed by atoms with Crippen molar-refractivity contribution >= 4 is 11.5 Å². The molecule has 0 bridgehead atoms. The molecule has 2 heterocycles. The van der Waals surface area contributed by atoms with Gasteiger partial charge in [0.1, 0.15) is 29.6 Å². The van der Waals surface area contributed by atoms with Gasteiger partial charge < -0.3 is 14.6 Å². The highest BCUT2D eigenvalue weighted by Gasteiger charge is 2.35. The number of aliphatic carboxylic acids is 1. The van der Waals surface area contributed by atoms with Crippen LogP contribution < -0.4 is 9.47 Å². The molecule has 1 atom stereocenters. The van der Waals surface area contributed by atoms with E-state index in [-0.39, 0.29) is 30.0 Å². The summed E-state index contributed by atoms with van der Waals surface area (Å²) in [6, 6.07) is 8.20. The number of pyridine rings is 1. The molecule has 37 heavy (non-hydrogen) atoms. The van der Waals surface area contributed by atoms with Crippen LogP contribution in [0.3, 0.4) is 0 Å². The Morgan fingerprint density at radius 1 is 1.27 bits per heavy atom. The predicted octanol–water partition coefficient (Wildman–Crippen LogP) is 5.56. The van der Waals surface area contributed by atoms with Crippen molar-refractivity contribution in [1.82, 2.24) is 20.0 Å². The molecule has 1 N–H and O–H groups in total. The number of hydrogen-bond acceptors (Lipinski definition) is 6. The number of allylic oxidation sites excluding steroid dienone is 2. The van der Waals surface area contributed by atoms with Gasteiger partial charge in [-0.25, -0.2) is 14.1 Å². The van der Waals surface area contributed by atoms with Crippen LogP contribution in [-0.4, -0.2) is 38.2 Å². The maximum absolute atomic E-state index is 14.9. The highest BCUT2D eigenvalue weighted by Crippen LogP contribution is 2.46. The molecule has 5 rings (SSSR count). The molecule has 1 saturated carbocycles.